The average molecular weight is 272 g/mol. The molecule has 5 heteroatoms. The highest BCUT2D eigenvalue weighted by Gasteiger charge is 2.15. The Balaban J connectivity index is 2.11. The number of thioether (sulfide) groups is 1. The highest BCUT2D eigenvalue weighted by molar-refractivity contribution is 7.98. The fraction of sp³-hybridized carbons (Fsp3) is 0.923. The van der Waals surface area contributed by atoms with E-state index in [0.29, 0.717) is 0 Å². The molecule has 1 saturated heterocycles. The van der Waals surface area contributed by atoms with Crippen LogP contribution in [-0.2, 0) is 0 Å². The Kier molecular flexibility index (Phi) is 8.25. The van der Waals surface area contributed by atoms with Gasteiger partial charge >= 0.3 is 0 Å². The highest BCUT2D eigenvalue weighted by atomic mass is 32.2. The zero-order chi connectivity index (χ0) is 13.2. The minimum atomic E-state index is 0.859. The van der Waals surface area contributed by atoms with E-state index in [4.69, 9.17) is 0 Å². The molecule has 2 N–H and O–H groups in total. The van der Waals surface area contributed by atoms with Crippen LogP contribution in [0.15, 0.2) is 4.99 Å². The van der Waals surface area contributed by atoms with Crippen LogP contribution in [-0.4, -0.2) is 62.6 Å². The monoisotopic (exact) mass is 272 g/mol. The molecule has 0 bridgehead atoms. The van der Waals surface area contributed by atoms with Gasteiger partial charge in [-0.3, -0.25) is 4.99 Å². The van der Waals surface area contributed by atoms with Crippen molar-refractivity contribution in [2.75, 3.05) is 51.8 Å². The van der Waals surface area contributed by atoms with E-state index < -0.39 is 0 Å². The molecule has 0 aromatic carbocycles. The Bertz CT molecular complexity index is 245. The molecule has 106 valence electrons. The molecule has 1 atom stereocenters. The van der Waals surface area contributed by atoms with E-state index in [9.17, 15) is 0 Å². The predicted molar refractivity (Wildman–Crippen MR) is 82.6 cm³/mol. The fourth-order valence-corrected chi connectivity index (χ4v) is 2.62. The van der Waals surface area contributed by atoms with E-state index in [2.05, 4.69) is 33.7 Å². The first-order valence-corrected chi connectivity index (χ1v) is 8.31. The van der Waals surface area contributed by atoms with Gasteiger partial charge in [0.15, 0.2) is 5.96 Å². The second-order valence-corrected chi connectivity index (χ2v) is 5.95. The molecule has 4 nitrogen and oxygen atoms in total. The molecule has 1 fully saturated rings. The van der Waals surface area contributed by atoms with Gasteiger partial charge in [-0.05, 0) is 31.6 Å². The molecule has 0 aromatic heterocycles. The van der Waals surface area contributed by atoms with Gasteiger partial charge in [-0.15, -0.1) is 0 Å². The van der Waals surface area contributed by atoms with Crippen molar-refractivity contribution in [1.82, 2.24) is 15.5 Å². The van der Waals surface area contributed by atoms with Crippen LogP contribution in [0.1, 0.15) is 19.8 Å². The third kappa shape index (κ3) is 6.50. The molecule has 1 aliphatic rings. The van der Waals surface area contributed by atoms with Crippen molar-refractivity contribution in [2.24, 2.45) is 10.9 Å². The molecule has 0 radical (unpaired) electrons. The lowest BCUT2D eigenvalue weighted by Gasteiger charge is -2.30. The maximum Gasteiger partial charge on any atom is 0.191 e. The lowest BCUT2D eigenvalue weighted by atomic mass is 10.0. The molecule has 1 rings (SSSR count). The summed E-state index contributed by atoms with van der Waals surface area (Å²) in [5.74, 6) is 2.90. The molecule has 1 heterocycles. The van der Waals surface area contributed by atoms with Gasteiger partial charge in [0.05, 0.1) is 0 Å². The van der Waals surface area contributed by atoms with Crippen molar-refractivity contribution < 1.29 is 0 Å². The van der Waals surface area contributed by atoms with Crippen LogP contribution in [0.25, 0.3) is 0 Å². The number of likely N-dealkylation sites (tertiary alicyclic amines) is 1. The van der Waals surface area contributed by atoms with Crippen LogP contribution >= 0.6 is 11.8 Å². The summed E-state index contributed by atoms with van der Waals surface area (Å²) < 4.78 is 0. The first-order chi connectivity index (χ1) is 8.76. The van der Waals surface area contributed by atoms with Gasteiger partial charge in [-0.25, -0.2) is 0 Å². The lowest BCUT2D eigenvalue weighted by Crippen LogP contribution is -2.44. The van der Waals surface area contributed by atoms with Gasteiger partial charge < -0.3 is 15.5 Å². The number of guanidine groups is 1. The van der Waals surface area contributed by atoms with Crippen molar-refractivity contribution in [1.29, 1.82) is 0 Å². The van der Waals surface area contributed by atoms with Crippen molar-refractivity contribution in [3.05, 3.63) is 0 Å². The second kappa shape index (κ2) is 9.50. The van der Waals surface area contributed by atoms with Crippen LogP contribution in [0.3, 0.4) is 0 Å². The van der Waals surface area contributed by atoms with Gasteiger partial charge in [-0.1, -0.05) is 6.92 Å². The topological polar surface area (TPSA) is 39.7 Å². The normalized spacial score (nSPS) is 21.9. The van der Waals surface area contributed by atoms with Crippen LogP contribution in [0.5, 0.6) is 0 Å². The standard InChI is InChI=1S/C13H28N4S/c1-12-5-4-8-17(11-12)9-6-15-13(14-2)16-7-10-18-3/h12H,4-11H2,1-3H3,(H2,14,15,16). The van der Waals surface area contributed by atoms with Gasteiger partial charge in [0, 0.05) is 39.0 Å². The zero-order valence-corrected chi connectivity index (χ0v) is 12.9. The van der Waals surface area contributed by atoms with E-state index in [-0.39, 0.29) is 0 Å². The molecule has 0 spiro atoms. The van der Waals surface area contributed by atoms with Crippen LogP contribution < -0.4 is 10.6 Å². The molecule has 0 aliphatic carbocycles. The summed E-state index contributed by atoms with van der Waals surface area (Å²) in [4.78, 5) is 6.78. The average Bonchev–Trinajstić information content (AvgIpc) is 2.37. The summed E-state index contributed by atoms with van der Waals surface area (Å²) in [6.45, 7) is 7.92. The summed E-state index contributed by atoms with van der Waals surface area (Å²) in [6.07, 6.45) is 4.86. The maximum absolute atomic E-state index is 4.22. The minimum absolute atomic E-state index is 0.859. The number of aliphatic imine (C=N–C) groups is 1. The van der Waals surface area contributed by atoms with Crippen molar-refractivity contribution in [2.45, 2.75) is 19.8 Å². The summed E-state index contributed by atoms with van der Waals surface area (Å²) in [6, 6.07) is 0. The van der Waals surface area contributed by atoms with Crippen molar-refractivity contribution in [3.63, 3.8) is 0 Å². The Labute approximate surface area is 116 Å². The van der Waals surface area contributed by atoms with E-state index in [1.807, 2.05) is 18.8 Å². The minimum Gasteiger partial charge on any atom is -0.356 e. The Morgan fingerprint density at radius 3 is 2.83 bits per heavy atom. The van der Waals surface area contributed by atoms with Crippen LogP contribution in [0.4, 0.5) is 0 Å². The Morgan fingerprint density at radius 1 is 1.39 bits per heavy atom. The first kappa shape index (κ1) is 15.6. The van der Waals surface area contributed by atoms with Crippen LogP contribution in [0.2, 0.25) is 0 Å². The van der Waals surface area contributed by atoms with Crippen molar-refractivity contribution in [3.8, 4) is 0 Å². The van der Waals surface area contributed by atoms with Gasteiger partial charge in [-0.2, -0.15) is 11.8 Å². The molecule has 18 heavy (non-hydrogen) atoms. The van der Waals surface area contributed by atoms with Gasteiger partial charge in [0.2, 0.25) is 0 Å². The SMILES string of the molecule is CN=C(NCCSC)NCCN1CCCC(C)C1. The maximum atomic E-state index is 4.22. The number of hydrogen-bond acceptors (Lipinski definition) is 3. The number of hydrogen-bond donors (Lipinski definition) is 2. The molecule has 0 saturated carbocycles. The third-order valence-corrected chi connectivity index (χ3v) is 3.90. The Hall–Kier alpha value is -0.420. The number of rotatable bonds is 6. The quantitative estimate of drug-likeness (QED) is 0.434. The molecule has 0 aromatic rings. The predicted octanol–water partition coefficient (Wildman–Crippen LogP) is 1.25. The van der Waals surface area contributed by atoms with Gasteiger partial charge in [0.1, 0.15) is 0 Å². The lowest BCUT2D eigenvalue weighted by molar-refractivity contribution is 0.187. The molecule has 1 aliphatic heterocycles. The summed E-state index contributed by atoms with van der Waals surface area (Å²) in [5.41, 5.74) is 0. The summed E-state index contributed by atoms with van der Waals surface area (Å²) in [7, 11) is 1.83. The number of nitrogens with zero attached hydrogens (tertiary/aromatic N) is 2. The Morgan fingerprint density at radius 2 is 2.17 bits per heavy atom. The van der Waals surface area contributed by atoms with E-state index in [1.165, 1.54) is 25.9 Å². The van der Waals surface area contributed by atoms with E-state index in [1.54, 1.807) is 0 Å². The fourth-order valence-electron chi connectivity index (χ4n) is 2.31. The van der Waals surface area contributed by atoms with Gasteiger partial charge in [0.25, 0.3) is 0 Å². The second-order valence-electron chi connectivity index (χ2n) is 4.97. The highest BCUT2D eigenvalue weighted by Crippen LogP contribution is 2.14. The zero-order valence-electron chi connectivity index (χ0n) is 12.0. The molecule has 0 amide bonds. The molecular formula is C13H28N4S. The summed E-state index contributed by atoms with van der Waals surface area (Å²) in [5, 5.41) is 6.69. The molecule has 1 unspecified atom stereocenters. The molecular weight excluding hydrogens is 244 g/mol. The van der Waals surface area contributed by atoms with E-state index >= 15 is 0 Å². The summed E-state index contributed by atoms with van der Waals surface area (Å²) >= 11 is 1.85. The number of nitrogens with one attached hydrogen (secondary N) is 2. The smallest absolute Gasteiger partial charge is 0.191 e. The largest absolute Gasteiger partial charge is 0.356 e. The number of piperidine rings is 1. The van der Waals surface area contributed by atoms with Crippen molar-refractivity contribution >= 4 is 17.7 Å². The first-order valence-electron chi connectivity index (χ1n) is 6.92. The van der Waals surface area contributed by atoms with Crippen LogP contribution in [0, 0.1) is 5.92 Å². The third-order valence-electron chi connectivity index (χ3n) is 3.28. The van der Waals surface area contributed by atoms with E-state index in [0.717, 1.165) is 37.3 Å².